The highest BCUT2D eigenvalue weighted by Crippen LogP contribution is 2.38. The Hall–Kier alpha value is -1.70. The standard InChI is InChI=1S/C14H12Cl2N4O2S/c1-19-12-8(6-17-13(18-12)23(2)22)7-20(14(19)21)11-9(15)4-3-5-10(11)16/h3-6H,7H2,1-2H3. The Kier molecular flexibility index (Phi) is 4.27. The van der Waals surface area contributed by atoms with Crippen LogP contribution in [0, 0.1) is 0 Å². The number of rotatable bonds is 2. The summed E-state index contributed by atoms with van der Waals surface area (Å²) in [6.45, 7) is 0.235. The molecule has 0 fully saturated rings. The van der Waals surface area contributed by atoms with Gasteiger partial charge in [0.1, 0.15) is 5.82 Å². The lowest BCUT2D eigenvalue weighted by Crippen LogP contribution is -2.46. The Morgan fingerprint density at radius 3 is 2.52 bits per heavy atom. The summed E-state index contributed by atoms with van der Waals surface area (Å²) >= 11 is 12.4. The molecule has 2 amide bonds. The fourth-order valence-corrected chi connectivity index (χ4v) is 3.37. The van der Waals surface area contributed by atoms with Gasteiger partial charge in [0, 0.05) is 25.1 Å². The van der Waals surface area contributed by atoms with Gasteiger partial charge in [-0.2, -0.15) is 0 Å². The Balaban J connectivity index is 2.09. The topological polar surface area (TPSA) is 66.4 Å². The van der Waals surface area contributed by atoms with Gasteiger partial charge in [0.15, 0.2) is 0 Å². The van der Waals surface area contributed by atoms with E-state index in [1.807, 2.05) is 0 Å². The number of urea groups is 1. The van der Waals surface area contributed by atoms with Gasteiger partial charge in [0.2, 0.25) is 5.16 Å². The SMILES string of the molecule is CN1C(=O)N(c2c(Cl)cccc2Cl)Cc2cnc(S(C)=O)nc21. The van der Waals surface area contributed by atoms with Crippen LogP contribution in [-0.2, 0) is 17.3 Å². The first-order chi connectivity index (χ1) is 10.9. The molecule has 1 atom stereocenters. The molecule has 6 nitrogen and oxygen atoms in total. The molecule has 2 aromatic rings. The van der Waals surface area contributed by atoms with Crippen LogP contribution in [0.5, 0.6) is 0 Å². The number of aromatic nitrogens is 2. The van der Waals surface area contributed by atoms with Gasteiger partial charge in [-0.3, -0.25) is 14.0 Å². The van der Waals surface area contributed by atoms with Crippen molar-refractivity contribution in [3.8, 4) is 0 Å². The Bertz CT molecular complexity index is 810. The summed E-state index contributed by atoms with van der Waals surface area (Å²) in [5, 5.41) is 0.956. The maximum absolute atomic E-state index is 12.7. The number of carbonyl (C=O) groups is 1. The number of nitrogens with zero attached hydrogens (tertiary/aromatic N) is 4. The largest absolute Gasteiger partial charge is 0.330 e. The van der Waals surface area contributed by atoms with Crippen molar-refractivity contribution in [2.24, 2.45) is 0 Å². The van der Waals surface area contributed by atoms with E-state index in [4.69, 9.17) is 23.2 Å². The van der Waals surface area contributed by atoms with Gasteiger partial charge in [-0.15, -0.1) is 0 Å². The van der Waals surface area contributed by atoms with Crippen molar-refractivity contribution in [1.82, 2.24) is 9.97 Å². The second kappa shape index (κ2) is 6.07. The molecular formula is C14H12Cl2N4O2S. The molecular weight excluding hydrogens is 359 g/mol. The molecule has 0 saturated carbocycles. The van der Waals surface area contributed by atoms with E-state index >= 15 is 0 Å². The van der Waals surface area contributed by atoms with Gasteiger partial charge in [-0.25, -0.2) is 14.8 Å². The first-order valence-electron chi connectivity index (χ1n) is 6.58. The molecule has 0 saturated heterocycles. The lowest BCUT2D eigenvalue weighted by molar-refractivity contribution is 0.251. The minimum atomic E-state index is -1.32. The van der Waals surface area contributed by atoms with Gasteiger partial charge in [-0.05, 0) is 12.1 Å². The molecule has 0 N–H and O–H groups in total. The zero-order chi connectivity index (χ0) is 16.7. The summed E-state index contributed by atoms with van der Waals surface area (Å²) in [4.78, 5) is 23.8. The molecule has 9 heteroatoms. The molecule has 1 aromatic heterocycles. The van der Waals surface area contributed by atoms with E-state index in [0.29, 0.717) is 21.6 Å². The van der Waals surface area contributed by atoms with Crippen molar-refractivity contribution in [2.75, 3.05) is 23.1 Å². The van der Waals surface area contributed by atoms with E-state index in [1.165, 1.54) is 16.1 Å². The third kappa shape index (κ3) is 2.80. The van der Waals surface area contributed by atoms with Crippen LogP contribution in [0.3, 0.4) is 0 Å². The first-order valence-corrected chi connectivity index (χ1v) is 8.90. The molecule has 0 spiro atoms. The van der Waals surface area contributed by atoms with Crippen LogP contribution < -0.4 is 9.80 Å². The molecule has 2 heterocycles. The van der Waals surface area contributed by atoms with Crippen LogP contribution in [0.4, 0.5) is 16.3 Å². The number of fused-ring (bicyclic) bond motifs is 1. The third-order valence-electron chi connectivity index (χ3n) is 3.45. The average Bonchev–Trinajstić information content (AvgIpc) is 2.51. The summed E-state index contributed by atoms with van der Waals surface area (Å²) in [5.41, 5.74) is 1.17. The van der Waals surface area contributed by atoms with Crippen molar-refractivity contribution >= 4 is 51.5 Å². The van der Waals surface area contributed by atoms with Gasteiger partial charge >= 0.3 is 6.03 Å². The second-order valence-corrected chi connectivity index (χ2v) is 7.04. The summed E-state index contributed by atoms with van der Waals surface area (Å²) in [6.07, 6.45) is 3.06. The Morgan fingerprint density at radius 1 is 1.26 bits per heavy atom. The highest BCUT2D eigenvalue weighted by atomic mass is 35.5. The number of anilines is 2. The van der Waals surface area contributed by atoms with E-state index < -0.39 is 10.8 Å². The van der Waals surface area contributed by atoms with E-state index in [2.05, 4.69) is 9.97 Å². The quantitative estimate of drug-likeness (QED) is 0.761. The number of halogens is 2. The van der Waals surface area contributed by atoms with E-state index in [0.717, 1.165) is 5.56 Å². The van der Waals surface area contributed by atoms with Gasteiger partial charge in [0.05, 0.1) is 33.1 Å². The van der Waals surface area contributed by atoms with Crippen LogP contribution >= 0.6 is 23.2 Å². The first kappa shape index (κ1) is 16.2. The minimum absolute atomic E-state index is 0.188. The monoisotopic (exact) mass is 370 g/mol. The van der Waals surface area contributed by atoms with Crippen molar-refractivity contribution in [1.29, 1.82) is 0 Å². The van der Waals surface area contributed by atoms with Crippen LogP contribution in [0.25, 0.3) is 0 Å². The van der Waals surface area contributed by atoms with E-state index in [1.54, 1.807) is 31.4 Å². The van der Waals surface area contributed by atoms with Gasteiger partial charge in [-0.1, -0.05) is 29.3 Å². The molecule has 0 radical (unpaired) electrons. The Morgan fingerprint density at radius 2 is 1.91 bits per heavy atom. The molecule has 1 aliphatic rings. The minimum Gasteiger partial charge on any atom is -0.286 e. The number of amides is 2. The van der Waals surface area contributed by atoms with Crippen molar-refractivity contribution in [3.63, 3.8) is 0 Å². The zero-order valence-electron chi connectivity index (χ0n) is 12.3. The molecule has 3 rings (SSSR count). The summed E-state index contributed by atoms with van der Waals surface area (Å²) in [6, 6.07) is 4.74. The highest BCUT2D eigenvalue weighted by Gasteiger charge is 2.32. The normalized spacial score (nSPS) is 15.6. The molecule has 1 aromatic carbocycles. The second-order valence-electron chi connectivity index (χ2n) is 4.95. The Labute approximate surface area is 145 Å². The van der Waals surface area contributed by atoms with E-state index in [9.17, 15) is 9.00 Å². The molecule has 0 bridgehead atoms. The average molecular weight is 371 g/mol. The third-order valence-corrected chi connectivity index (χ3v) is 4.77. The summed E-state index contributed by atoms with van der Waals surface area (Å²) < 4.78 is 11.5. The van der Waals surface area contributed by atoms with Crippen LogP contribution in [0.1, 0.15) is 5.56 Å². The van der Waals surface area contributed by atoms with Crippen LogP contribution in [0.2, 0.25) is 10.0 Å². The fraction of sp³-hybridized carbons (Fsp3) is 0.214. The van der Waals surface area contributed by atoms with Crippen LogP contribution in [0.15, 0.2) is 29.6 Å². The molecule has 120 valence electrons. The lowest BCUT2D eigenvalue weighted by Gasteiger charge is -2.34. The zero-order valence-corrected chi connectivity index (χ0v) is 14.6. The maximum atomic E-state index is 12.7. The molecule has 0 aliphatic carbocycles. The number of hydrogen-bond donors (Lipinski definition) is 0. The molecule has 23 heavy (non-hydrogen) atoms. The number of benzene rings is 1. The van der Waals surface area contributed by atoms with Crippen molar-refractivity contribution in [2.45, 2.75) is 11.7 Å². The van der Waals surface area contributed by atoms with Gasteiger partial charge in [0.25, 0.3) is 0 Å². The number of hydrogen-bond acceptors (Lipinski definition) is 4. The number of para-hydroxylation sites is 1. The maximum Gasteiger partial charge on any atom is 0.330 e. The molecule has 1 unspecified atom stereocenters. The van der Waals surface area contributed by atoms with Crippen molar-refractivity contribution in [3.05, 3.63) is 40.0 Å². The predicted molar refractivity (Wildman–Crippen MR) is 90.8 cm³/mol. The number of carbonyl (C=O) groups excluding carboxylic acids is 1. The highest BCUT2D eigenvalue weighted by molar-refractivity contribution is 7.84. The van der Waals surface area contributed by atoms with Gasteiger partial charge < -0.3 is 0 Å². The smallest absolute Gasteiger partial charge is 0.286 e. The van der Waals surface area contributed by atoms with Crippen molar-refractivity contribution < 1.29 is 9.00 Å². The van der Waals surface area contributed by atoms with E-state index in [-0.39, 0.29) is 17.7 Å². The summed E-state index contributed by atoms with van der Waals surface area (Å²) in [7, 11) is 0.269. The predicted octanol–water partition coefficient (Wildman–Crippen LogP) is 3.10. The molecule has 1 aliphatic heterocycles. The van der Waals surface area contributed by atoms with Crippen LogP contribution in [-0.4, -0.2) is 33.5 Å². The lowest BCUT2D eigenvalue weighted by atomic mass is 10.2. The fourth-order valence-electron chi connectivity index (χ4n) is 2.35. The summed E-state index contributed by atoms with van der Waals surface area (Å²) in [5.74, 6) is 0.439.